The number of esters is 2. The van der Waals surface area contributed by atoms with Crippen molar-refractivity contribution in [3.05, 3.63) is 65.2 Å². The molecule has 0 bridgehead atoms. The van der Waals surface area contributed by atoms with E-state index in [0.717, 1.165) is 44.3 Å². The summed E-state index contributed by atoms with van der Waals surface area (Å²) >= 11 is 0. The highest BCUT2D eigenvalue weighted by Crippen LogP contribution is 2.25. The van der Waals surface area contributed by atoms with Gasteiger partial charge in [0.2, 0.25) is 0 Å². The summed E-state index contributed by atoms with van der Waals surface area (Å²) in [6.07, 6.45) is 12.9. The molecule has 0 aromatic heterocycles. The van der Waals surface area contributed by atoms with Gasteiger partial charge in [0, 0.05) is 29.6 Å². The summed E-state index contributed by atoms with van der Waals surface area (Å²) in [5.41, 5.74) is 14.6. The first-order valence-corrected chi connectivity index (χ1v) is 13.4. The van der Waals surface area contributed by atoms with Gasteiger partial charge in [0.15, 0.2) is 0 Å². The van der Waals surface area contributed by atoms with Crippen molar-refractivity contribution in [1.29, 1.82) is 0 Å². The van der Waals surface area contributed by atoms with E-state index in [-0.39, 0.29) is 24.8 Å². The SMILES string of the molecule is CCCCCCCOC1CCC(OC(=O)c2ccc(/C=C/C(=O)OCc3cc(N)ccc3N)cc2)CC1. The lowest BCUT2D eigenvalue weighted by atomic mass is 9.95. The summed E-state index contributed by atoms with van der Waals surface area (Å²) in [6.45, 7) is 3.09. The van der Waals surface area contributed by atoms with Crippen LogP contribution in [0.1, 0.15) is 86.2 Å². The van der Waals surface area contributed by atoms with Crippen LogP contribution in [0, 0.1) is 0 Å². The molecule has 7 nitrogen and oxygen atoms in total. The molecule has 1 saturated carbocycles. The molecule has 7 heteroatoms. The number of hydrogen-bond donors (Lipinski definition) is 2. The average molecular weight is 509 g/mol. The Labute approximate surface area is 220 Å². The summed E-state index contributed by atoms with van der Waals surface area (Å²) in [5.74, 6) is -0.823. The van der Waals surface area contributed by atoms with Gasteiger partial charge >= 0.3 is 11.9 Å². The predicted octanol–water partition coefficient (Wildman–Crippen LogP) is 6.06. The lowest BCUT2D eigenvalue weighted by Crippen LogP contribution is -2.28. The molecule has 4 N–H and O–H groups in total. The number of benzene rings is 2. The smallest absolute Gasteiger partial charge is 0.338 e. The van der Waals surface area contributed by atoms with Crippen LogP contribution in [0.15, 0.2) is 48.5 Å². The highest BCUT2D eigenvalue weighted by molar-refractivity contribution is 5.90. The minimum Gasteiger partial charge on any atom is -0.459 e. The number of carbonyl (C=O) groups excluding carboxylic acids is 2. The standard InChI is InChI=1S/C30H40N2O5/c1-2-3-4-5-6-19-35-26-13-15-27(16-14-26)37-30(34)23-10-7-22(8-11-23)9-18-29(33)36-21-24-20-25(31)12-17-28(24)32/h7-12,17-18,20,26-27H,2-6,13-16,19,21,31-32H2,1H3/b18-9+. The molecule has 37 heavy (non-hydrogen) atoms. The highest BCUT2D eigenvalue weighted by Gasteiger charge is 2.24. The van der Waals surface area contributed by atoms with Crippen molar-refractivity contribution < 1.29 is 23.8 Å². The molecule has 0 radical (unpaired) electrons. The van der Waals surface area contributed by atoms with Crippen LogP contribution in [0.4, 0.5) is 11.4 Å². The summed E-state index contributed by atoms with van der Waals surface area (Å²) < 4.78 is 17.0. The first-order valence-electron chi connectivity index (χ1n) is 13.4. The molecule has 2 aromatic rings. The summed E-state index contributed by atoms with van der Waals surface area (Å²) in [4.78, 5) is 24.6. The van der Waals surface area contributed by atoms with Gasteiger partial charge < -0.3 is 25.7 Å². The summed E-state index contributed by atoms with van der Waals surface area (Å²) in [7, 11) is 0. The maximum absolute atomic E-state index is 12.6. The third kappa shape index (κ3) is 9.92. The Kier molecular flexibility index (Phi) is 11.5. The number of carbonyl (C=O) groups is 2. The van der Waals surface area contributed by atoms with E-state index < -0.39 is 5.97 Å². The number of hydrogen-bond acceptors (Lipinski definition) is 7. The van der Waals surface area contributed by atoms with Crippen LogP contribution in [-0.4, -0.2) is 30.8 Å². The third-order valence-electron chi connectivity index (χ3n) is 6.59. The Morgan fingerprint density at radius 2 is 1.62 bits per heavy atom. The van der Waals surface area contributed by atoms with Crippen molar-refractivity contribution in [3.63, 3.8) is 0 Å². The molecule has 3 rings (SSSR count). The van der Waals surface area contributed by atoms with Crippen LogP contribution in [0.25, 0.3) is 6.08 Å². The Balaban J connectivity index is 1.36. The number of ether oxygens (including phenoxy) is 3. The number of nitrogens with two attached hydrogens (primary N) is 2. The second kappa shape index (κ2) is 15.1. The Morgan fingerprint density at radius 1 is 0.919 bits per heavy atom. The zero-order valence-corrected chi connectivity index (χ0v) is 21.8. The van der Waals surface area contributed by atoms with E-state index in [1.54, 1.807) is 48.5 Å². The van der Waals surface area contributed by atoms with Crippen LogP contribution in [-0.2, 0) is 25.6 Å². The monoisotopic (exact) mass is 508 g/mol. The first kappa shape index (κ1) is 28.3. The van der Waals surface area contributed by atoms with E-state index in [1.165, 1.54) is 31.8 Å². The molecule has 1 aliphatic carbocycles. The minimum absolute atomic E-state index is 0.0396. The fourth-order valence-electron chi connectivity index (χ4n) is 4.33. The van der Waals surface area contributed by atoms with Crippen molar-refractivity contribution in [2.24, 2.45) is 0 Å². The Hall–Kier alpha value is -3.32. The average Bonchev–Trinajstić information content (AvgIpc) is 2.91. The fraction of sp³-hybridized carbons (Fsp3) is 0.467. The van der Waals surface area contributed by atoms with Gasteiger partial charge in [-0.15, -0.1) is 0 Å². The molecular weight excluding hydrogens is 468 g/mol. The highest BCUT2D eigenvalue weighted by atomic mass is 16.5. The molecule has 0 atom stereocenters. The maximum Gasteiger partial charge on any atom is 0.338 e. The molecular formula is C30H40N2O5. The van der Waals surface area contributed by atoms with Gasteiger partial charge in [0.1, 0.15) is 12.7 Å². The Morgan fingerprint density at radius 3 is 2.35 bits per heavy atom. The van der Waals surface area contributed by atoms with Gasteiger partial charge in [-0.05, 0) is 74.1 Å². The summed E-state index contributed by atoms with van der Waals surface area (Å²) in [5, 5.41) is 0. The second-order valence-corrected chi connectivity index (χ2v) is 9.61. The Bertz CT molecular complexity index is 1030. The van der Waals surface area contributed by atoms with Crippen LogP contribution in [0.2, 0.25) is 0 Å². The lowest BCUT2D eigenvalue weighted by Gasteiger charge is -2.28. The number of unbranched alkanes of at least 4 members (excludes halogenated alkanes) is 4. The van der Waals surface area contributed by atoms with E-state index in [4.69, 9.17) is 25.7 Å². The van der Waals surface area contributed by atoms with Gasteiger partial charge in [0.25, 0.3) is 0 Å². The van der Waals surface area contributed by atoms with Crippen LogP contribution in [0.3, 0.4) is 0 Å². The zero-order chi connectivity index (χ0) is 26.5. The largest absolute Gasteiger partial charge is 0.459 e. The molecule has 0 unspecified atom stereocenters. The van der Waals surface area contributed by atoms with E-state index in [0.29, 0.717) is 22.5 Å². The van der Waals surface area contributed by atoms with Gasteiger partial charge in [-0.25, -0.2) is 9.59 Å². The number of rotatable bonds is 13. The van der Waals surface area contributed by atoms with Crippen molar-refractivity contribution in [3.8, 4) is 0 Å². The summed E-state index contributed by atoms with van der Waals surface area (Å²) in [6, 6.07) is 12.0. The molecule has 200 valence electrons. The molecule has 0 amide bonds. The molecule has 1 fully saturated rings. The molecule has 0 aliphatic heterocycles. The quantitative estimate of drug-likeness (QED) is 0.146. The van der Waals surface area contributed by atoms with Crippen LogP contribution in [0.5, 0.6) is 0 Å². The zero-order valence-electron chi connectivity index (χ0n) is 21.8. The van der Waals surface area contributed by atoms with Crippen LogP contribution < -0.4 is 11.5 Å². The van der Waals surface area contributed by atoms with Crippen molar-refractivity contribution >= 4 is 29.4 Å². The molecule has 0 heterocycles. The minimum atomic E-state index is -0.499. The number of anilines is 2. The van der Waals surface area contributed by atoms with Crippen LogP contribution >= 0.6 is 0 Å². The molecule has 0 spiro atoms. The van der Waals surface area contributed by atoms with E-state index >= 15 is 0 Å². The van der Waals surface area contributed by atoms with E-state index in [2.05, 4.69) is 6.92 Å². The van der Waals surface area contributed by atoms with E-state index in [9.17, 15) is 9.59 Å². The van der Waals surface area contributed by atoms with Gasteiger partial charge in [-0.2, -0.15) is 0 Å². The molecule has 0 saturated heterocycles. The van der Waals surface area contributed by atoms with Gasteiger partial charge in [-0.1, -0.05) is 44.7 Å². The molecule has 2 aromatic carbocycles. The van der Waals surface area contributed by atoms with Gasteiger partial charge in [-0.3, -0.25) is 0 Å². The maximum atomic E-state index is 12.6. The second-order valence-electron chi connectivity index (χ2n) is 9.61. The van der Waals surface area contributed by atoms with E-state index in [1.807, 2.05) is 0 Å². The first-order chi connectivity index (χ1) is 17.9. The fourth-order valence-corrected chi connectivity index (χ4v) is 4.33. The topological polar surface area (TPSA) is 114 Å². The van der Waals surface area contributed by atoms with Gasteiger partial charge in [0.05, 0.1) is 11.7 Å². The van der Waals surface area contributed by atoms with Crippen molar-refractivity contribution in [1.82, 2.24) is 0 Å². The normalized spacial score (nSPS) is 17.5. The third-order valence-corrected chi connectivity index (χ3v) is 6.59. The predicted molar refractivity (Wildman–Crippen MR) is 147 cm³/mol. The lowest BCUT2D eigenvalue weighted by molar-refractivity contribution is -0.138. The molecule has 1 aliphatic rings. The van der Waals surface area contributed by atoms with Crippen molar-refractivity contribution in [2.45, 2.75) is 83.5 Å². The van der Waals surface area contributed by atoms with Crippen molar-refractivity contribution in [2.75, 3.05) is 18.1 Å². The number of nitrogen functional groups attached to an aromatic ring is 2.